The van der Waals surface area contributed by atoms with Crippen LogP contribution < -0.4 is 0 Å². The molecule has 0 saturated heterocycles. The third-order valence-corrected chi connectivity index (χ3v) is 5.22. The molecule has 0 bridgehead atoms. The van der Waals surface area contributed by atoms with E-state index in [1.807, 2.05) is 6.07 Å². The second kappa shape index (κ2) is 6.59. The van der Waals surface area contributed by atoms with Crippen LogP contribution in [-0.4, -0.2) is 15.2 Å². The van der Waals surface area contributed by atoms with Crippen LogP contribution in [0, 0.1) is 0 Å². The van der Waals surface area contributed by atoms with Gasteiger partial charge in [0.15, 0.2) is 0 Å². The molecule has 3 nitrogen and oxygen atoms in total. The van der Waals surface area contributed by atoms with Crippen molar-refractivity contribution in [3.05, 3.63) is 76.6 Å². The molecule has 1 aliphatic carbocycles. The standard InChI is InChI=1S/C19H19N3S/c1-2-6-14(7-3-1)12-18-20-19(22-21-18)23-13-16-10-4-8-15-9-5-11-17(15)16/h1-4,6-8,10H,5,9,11-13H2,(H,20,21,22). The highest BCUT2D eigenvalue weighted by atomic mass is 32.2. The third-order valence-electron chi connectivity index (χ3n) is 4.33. The van der Waals surface area contributed by atoms with E-state index < -0.39 is 0 Å². The number of hydrogen-bond acceptors (Lipinski definition) is 3. The monoisotopic (exact) mass is 321 g/mol. The number of nitrogens with one attached hydrogen (secondary N) is 1. The lowest BCUT2D eigenvalue weighted by Gasteiger charge is -2.06. The Bertz CT molecular complexity index is 795. The highest BCUT2D eigenvalue weighted by Gasteiger charge is 2.14. The van der Waals surface area contributed by atoms with Gasteiger partial charge in [-0.15, -0.1) is 5.10 Å². The molecule has 0 spiro atoms. The van der Waals surface area contributed by atoms with Gasteiger partial charge < -0.3 is 0 Å². The van der Waals surface area contributed by atoms with Crippen molar-refractivity contribution in [1.29, 1.82) is 0 Å². The van der Waals surface area contributed by atoms with Crippen molar-refractivity contribution >= 4 is 11.8 Å². The molecule has 4 rings (SSSR count). The largest absolute Gasteiger partial charge is 0.262 e. The third kappa shape index (κ3) is 3.32. The number of thioether (sulfide) groups is 1. The van der Waals surface area contributed by atoms with Gasteiger partial charge in [0.05, 0.1) is 0 Å². The van der Waals surface area contributed by atoms with E-state index in [9.17, 15) is 0 Å². The summed E-state index contributed by atoms with van der Waals surface area (Å²) in [6.45, 7) is 0. The zero-order valence-electron chi connectivity index (χ0n) is 13.0. The van der Waals surface area contributed by atoms with Crippen LogP contribution in [0.15, 0.2) is 53.7 Å². The Labute approximate surface area is 140 Å². The summed E-state index contributed by atoms with van der Waals surface area (Å²) < 4.78 is 0. The lowest BCUT2D eigenvalue weighted by atomic mass is 10.1. The number of aryl methyl sites for hydroxylation is 1. The summed E-state index contributed by atoms with van der Waals surface area (Å²) in [6, 6.07) is 17.1. The molecule has 0 atom stereocenters. The molecule has 2 aromatic carbocycles. The zero-order chi connectivity index (χ0) is 15.5. The van der Waals surface area contributed by atoms with Gasteiger partial charge in [0.1, 0.15) is 5.82 Å². The first-order chi connectivity index (χ1) is 11.4. The lowest BCUT2D eigenvalue weighted by Crippen LogP contribution is -1.92. The van der Waals surface area contributed by atoms with E-state index in [-0.39, 0.29) is 0 Å². The van der Waals surface area contributed by atoms with E-state index >= 15 is 0 Å². The topological polar surface area (TPSA) is 41.6 Å². The van der Waals surface area contributed by atoms with Crippen molar-refractivity contribution in [2.75, 3.05) is 0 Å². The number of nitrogens with zero attached hydrogens (tertiary/aromatic N) is 2. The van der Waals surface area contributed by atoms with E-state index in [0.717, 1.165) is 23.2 Å². The molecule has 0 amide bonds. The van der Waals surface area contributed by atoms with Gasteiger partial charge in [-0.25, -0.2) is 4.98 Å². The van der Waals surface area contributed by atoms with Crippen LogP contribution in [0.5, 0.6) is 0 Å². The number of rotatable bonds is 5. The molecule has 116 valence electrons. The molecule has 4 heteroatoms. The highest BCUT2D eigenvalue weighted by molar-refractivity contribution is 7.98. The van der Waals surface area contributed by atoms with Crippen molar-refractivity contribution in [2.45, 2.75) is 36.6 Å². The van der Waals surface area contributed by atoms with E-state index in [1.165, 1.54) is 36.0 Å². The van der Waals surface area contributed by atoms with Crippen LogP contribution in [0.25, 0.3) is 0 Å². The predicted molar refractivity (Wildman–Crippen MR) is 93.7 cm³/mol. The molecule has 0 fully saturated rings. The number of benzene rings is 2. The van der Waals surface area contributed by atoms with Crippen molar-refractivity contribution in [3.8, 4) is 0 Å². The molecule has 1 heterocycles. The Kier molecular flexibility index (Phi) is 4.16. The average Bonchev–Trinajstić information content (AvgIpc) is 3.23. The van der Waals surface area contributed by atoms with Crippen molar-refractivity contribution < 1.29 is 0 Å². The maximum absolute atomic E-state index is 4.61. The Hall–Kier alpha value is -2.07. The Morgan fingerprint density at radius 1 is 1.00 bits per heavy atom. The Morgan fingerprint density at radius 3 is 2.83 bits per heavy atom. The summed E-state index contributed by atoms with van der Waals surface area (Å²) in [6.07, 6.45) is 4.54. The molecule has 0 aliphatic heterocycles. The molecule has 0 saturated carbocycles. The van der Waals surface area contributed by atoms with E-state index in [2.05, 4.69) is 57.6 Å². The minimum absolute atomic E-state index is 0.801. The van der Waals surface area contributed by atoms with Gasteiger partial charge in [0.2, 0.25) is 5.16 Å². The highest BCUT2D eigenvalue weighted by Crippen LogP contribution is 2.29. The van der Waals surface area contributed by atoms with Crippen molar-refractivity contribution in [2.24, 2.45) is 0 Å². The summed E-state index contributed by atoms with van der Waals surface area (Å²) in [5.41, 5.74) is 5.78. The second-order valence-electron chi connectivity index (χ2n) is 5.92. The molecule has 1 N–H and O–H groups in total. The first kappa shape index (κ1) is 14.5. The summed E-state index contributed by atoms with van der Waals surface area (Å²) >= 11 is 1.72. The van der Waals surface area contributed by atoms with Gasteiger partial charge in [0.25, 0.3) is 0 Å². The molecule has 1 aromatic heterocycles. The molecular weight excluding hydrogens is 302 g/mol. The normalized spacial score (nSPS) is 13.2. The maximum atomic E-state index is 4.61. The maximum Gasteiger partial charge on any atom is 0.208 e. The van der Waals surface area contributed by atoms with Gasteiger partial charge in [-0.3, -0.25) is 5.10 Å². The van der Waals surface area contributed by atoms with E-state index in [0.29, 0.717) is 0 Å². The minimum Gasteiger partial charge on any atom is -0.262 e. The SMILES string of the molecule is c1ccc(Cc2nc(SCc3cccc4c3CCC4)n[nH]2)cc1. The Balaban J connectivity index is 1.42. The van der Waals surface area contributed by atoms with Gasteiger partial charge in [-0.05, 0) is 41.5 Å². The summed E-state index contributed by atoms with van der Waals surface area (Å²) in [5.74, 6) is 1.88. The fourth-order valence-corrected chi connectivity index (χ4v) is 4.03. The van der Waals surface area contributed by atoms with Crippen LogP contribution in [0.3, 0.4) is 0 Å². The Morgan fingerprint density at radius 2 is 1.91 bits per heavy atom. The fraction of sp³-hybridized carbons (Fsp3) is 0.263. The number of aromatic nitrogens is 3. The van der Waals surface area contributed by atoms with Crippen LogP contribution in [0.4, 0.5) is 0 Å². The first-order valence-corrected chi connectivity index (χ1v) is 9.05. The van der Waals surface area contributed by atoms with Crippen LogP contribution in [-0.2, 0) is 25.0 Å². The van der Waals surface area contributed by atoms with Crippen LogP contribution >= 0.6 is 11.8 Å². The molecule has 0 unspecified atom stereocenters. The lowest BCUT2D eigenvalue weighted by molar-refractivity contribution is 0.908. The van der Waals surface area contributed by atoms with Crippen LogP contribution in [0.2, 0.25) is 0 Å². The van der Waals surface area contributed by atoms with Gasteiger partial charge >= 0.3 is 0 Å². The first-order valence-electron chi connectivity index (χ1n) is 8.06. The smallest absolute Gasteiger partial charge is 0.208 e. The number of hydrogen-bond donors (Lipinski definition) is 1. The fourth-order valence-electron chi connectivity index (χ4n) is 3.19. The summed E-state index contributed by atoms with van der Waals surface area (Å²) in [5, 5.41) is 8.25. The molecular formula is C19H19N3S. The van der Waals surface area contributed by atoms with Gasteiger partial charge in [-0.1, -0.05) is 60.3 Å². The van der Waals surface area contributed by atoms with Crippen molar-refractivity contribution in [3.63, 3.8) is 0 Å². The summed E-state index contributed by atoms with van der Waals surface area (Å²) in [7, 11) is 0. The molecule has 0 radical (unpaired) electrons. The molecule has 3 aromatic rings. The molecule has 1 aliphatic rings. The minimum atomic E-state index is 0.801. The quantitative estimate of drug-likeness (QED) is 0.717. The molecule has 23 heavy (non-hydrogen) atoms. The van der Waals surface area contributed by atoms with E-state index in [1.54, 1.807) is 17.3 Å². The van der Waals surface area contributed by atoms with Crippen LogP contribution in [0.1, 0.15) is 34.5 Å². The predicted octanol–water partition coefficient (Wildman–Crippen LogP) is 4.18. The number of aromatic amines is 1. The zero-order valence-corrected chi connectivity index (χ0v) is 13.8. The number of fused-ring (bicyclic) bond motifs is 1. The average molecular weight is 321 g/mol. The number of H-pyrrole nitrogens is 1. The summed E-state index contributed by atoms with van der Waals surface area (Å²) in [4.78, 5) is 4.61. The van der Waals surface area contributed by atoms with E-state index in [4.69, 9.17) is 0 Å². The van der Waals surface area contributed by atoms with Crippen molar-refractivity contribution in [1.82, 2.24) is 15.2 Å². The van der Waals surface area contributed by atoms with Gasteiger partial charge in [-0.2, -0.15) is 0 Å². The van der Waals surface area contributed by atoms with Gasteiger partial charge in [0, 0.05) is 12.2 Å². The second-order valence-corrected chi connectivity index (χ2v) is 6.87.